The van der Waals surface area contributed by atoms with Crippen molar-refractivity contribution in [2.45, 2.75) is 13.0 Å². The fourth-order valence-electron chi connectivity index (χ4n) is 3.90. The Morgan fingerprint density at radius 1 is 0.882 bits per heavy atom. The van der Waals surface area contributed by atoms with E-state index in [2.05, 4.69) is 15.4 Å². The third-order valence-electron chi connectivity index (χ3n) is 5.65. The normalized spacial score (nSPS) is 12.6. The first-order valence-corrected chi connectivity index (χ1v) is 10.9. The van der Waals surface area contributed by atoms with Crippen LogP contribution in [0, 0.1) is 0 Å². The van der Waals surface area contributed by atoms with E-state index in [1.54, 1.807) is 35.4 Å². The molecule has 0 saturated heterocycles. The van der Waals surface area contributed by atoms with Crippen LogP contribution in [0.15, 0.2) is 85.3 Å². The van der Waals surface area contributed by atoms with Gasteiger partial charge in [-0.2, -0.15) is 5.10 Å². The summed E-state index contributed by atoms with van der Waals surface area (Å²) >= 11 is 0. The Labute approximate surface area is 195 Å². The number of fused-ring (bicyclic) bond motifs is 1. The molecule has 168 valence electrons. The molecule has 0 spiro atoms. The molecular formula is C26H21N5O3. The number of imide groups is 1. The van der Waals surface area contributed by atoms with Crippen molar-refractivity contribution in [1.82, 2.24) is 19.7 Å². The molecule has 2 aromatic heterocycles. The molecule has 0 saturated carbocycles. The third kappa shape index (κ3) is 4.33. The second-order valence-corrected chi connectivity index (χ2v) is 7.97. The minimum Gasteiger partial charge on any atom is -0.305 e. The highest BCUT2D eigenvalue weighted by atomic mass is 16.2. The molecule has 3 amide bonds. The van der Waals surface area contributed by atoms with Gasteiger partial charge in [0.05, 0.1) is 17.7 Å². The second kappa shape index (κ2) is 9.11. The van der Waals surface area contributed by atoms with Gasteiger partial charge in [-0.25, -0.2) is 0 Å². The van der Waals surface area contributed by atoms with Crippen LogP contribution >= 0.6 is 0 Å². The van der Waals surface area contributed by atoms with Crippen molar-refractivity contribution in [3.05, 3.63) is 113 Å². The molecule has 8 heteroatoms. The van der Waals surface area contributed by atoms with Crippen molar-refractivity contribution < 1.29 is 14.4 Å². The molecule has 0 aliphatic carbocycles. The minimum absolute atomic E-state index is 0.243. The molecule has 1 aliphatic rings. The minimum atomic E-state index is -0.405. The van der Waals surface area contributed by atoms with Gasteiger partial charge in [-0.1, -0.05) is 36.4 Å². The number of aromatic nitrogens is 3. The maximum absolute atomic E-state index is 12.9. The summed E-state index contributed by atoms with van der Waals surface area (Å²) in [5, 5.41) is 7.11. The van der Waals surface area contributed by atoms with Gasteiger partial charge in [0.2, 0.25) is 0 Å². The summed E-state index contributed by atoms with van der Waals surface area (Å²) in [5.74, 6) is -0.734. The Hall–Kier alpha value is -4.59. The van der Waals surface area contributed by atoms with Gasteiger partial charge in [0.15, 0.2) is 5.82 Å². The average Bonchev–Trinajstić information content (AvgIpc) is 3.40. The zero-order valence-corrected chi connectivity index (χ0v) is 18.2. The highest BCUT2D eigenvalue weighted by Gasteiger charge is 2.35. The van der Waals surface area contributed by atoms with Crippen LogP contribution in [0.4, 0.5) is 5.82 Å². The summed E-state index contributed by atoms with van der Waals surface area (Å²) in [6, 6.07) is 19.7. The molecule has 1 aliphatic heterocycles. The number of nitrogens with zero attached hydrogens (tertiary/aromatic N) is 4. The van der Waals surface area contributed by atoms with Gasteiger partial charge < -0.3 is 5.32 Å². The largest absolute Gasteiger partial charge is 0.305 e. The maximum atomic E-state index is 12.9. The molecular weight excluding hydrogens is 430 g/mol. The van der Waals surface area contributed by atoms with Crippen molar-refractivity contribution in [2.24, 2.45) is 0 Å². The van der Waals surface area contributed by atoms with E-state index in [9.17, 15) is 14.4 Å². The fourth-order valence-corrected chi connectivity index (χ4v) is 3.90. The summed E-state index contributed by atoms with van der Waals surface area (Å²) in [5.41, 5.74) is 2.87. The predicted molar refractivity (Wildman–Crippen MR) is 125 cm³/mol. The van der Waals surface area contributed by atoms with Crippen LogP contribution in [0.3, 0.4) is 0 Å². The first-order chi connectivity index (χ1) is 16.6. The lowest BCUT2D eigenvalue weighted by molar-refractivity contribution is 0.0656. The van der Waals surface area contributed by atoms with E-state index in [-0.39, 0.29) is 29.5 Å². The van der Waals surface area contributed by atoms with Crippen LogP contribution in [-0.4, -0.2) is 43.9 Å². The Morgan fingerprint density at radius 3 is 2.47 bits per heavy atom. The van der Waals surface area contributed by atoms with Crippen molar-refractivity contribution >= 4 is 23.5 Å². The SMILES string of the molecule is O=C(Nc1ccn(Cc2cccnc2)n1)c1ccc2c(c1)C(=O)N(CCc1ccccc1)C2=O. The van der Waals surface area contributed by atoms with Crippen LogP contribution < -0.4 is 5.32 Å². The molecule has 4 aromatic rings. The quantitative estimate of drug-likeness (QED) is 0.434. The summed E-state index contributed by atoms with van der Waals surface area (Å²) in [4.78, 5) is 43.7. The number of benzene rings is 2. The van der Waals surface area contributed by atoms with Gasteiger partial charge >= 0.3 is 0 Å². The summed E-state index contributed by atoms with van der Waals surface area (Å²) in [6.45, 7) is 0.810. The molecule has 0 fully saturated rings. The molecule has 34 heavy (non-hydrogen) atoms. The number of carbonyl (C=O) groups is 3. The Morgan fingerprint density at radius 2 is 1.68 bits per heavy atom. The van der Waals surface area contributed by atoms with Gasteiger partial charge in [0.1, 0.15) is 0 Å². The van der Waals surface area contributed by atoms with Gasteiger partial charge in [0.25, 0.3) is 17.7 Å². The topological polar surface area (TPSA) is 97.2 Å². The van der Waals surface area contributed by atoms with E-state index in [1.807, 2.05) is 42.5 Å². The number of anilines is 1. The number of hydrogen-bond donors (Lipinski definition) is 1. The molecule has 0 unspecified atom stereocenters. The molecule has 0 atom stereocenters. The van der Waals surface area contributed by atoms with E-state index in [0.717, 1.165) is 11.1 Å². The monoisotopic (exact) mass is 451 g/mol. The first-order valence-electron chi connectivity index (χ1n) is 10.9. The zero-order chi connectivity index (χ0) is 23.5. The average molecular weight is 451 g/mol. The Kier molecular flexibility index (Phi) is 5.70. The highest BCUT2D eigenvalue weighted by molar-refractivity contribution is 6.22. The van der Waals surface area contributed by atoms with E-state index >= 15 is 0 Å². The van der Waals surface area contributed by atoms with E-state index in [0.29, 0.717) is 24.3 Å². The lowest BCUT2D eigenvalue weighted by Crippen LogP contribution is -2.31. The molecule has 0 radical (unpaired) electrons. The highest BCUT2D eigenvalue weighted by Crippen LogP contribution is 2.25. The van der Waals surface area contributed by atoms with E-state index in [4.69, 9.17) is 0 Å². The lowest BCUT2D eigenvalue weighted by atomic mass is 10.1. The van der Waals surface area contributed by atoms with Gasteiger partial charge in [-0.05, 0) is 41.8 Å². The van der Waals surface area contributed by atoms with Crippen molar-refractivity contribution in [1.29, 1.82) is 0 Å². The van der Waals surface area contributed by atoms with Crippen LogP contribution in [0.1, 0.15) is 42.2 Å². The Bertz CT molecular complexity index is 1370. The molecule has 8 nitrogen and oxygen atoms in total. The van der Waals surface area contributed by atoms with Gasteiger partial charge in [-0.3, -0.25) is 28.9 Å². The second-order valence-electron chi connectivity index (χ2n) is 7.97. The number of carbonyl (C=O) groups excluding carboxylic acids is 3. The molecule has 3 heterocycles. The predicted octanol–water partition coefficient (Wildman–Crippen LogP) is 3.42. The summed E-state index contributed by atoms with van der Waals surface area (Å²) in [6.07, 6.45) is 5.79. The fraction of sp³-hybridized carbons (Fsp3) is 0.115. The van der Waals surface area contributed by atoms with Crippen LogP contribution in [0.2, 0.25) is 0 Å². The standard InChI is InChI=1S/C26H21N5O3/c32-24(28-23-11-13-30(29-23)17-19-7-4-12-27-16-19)20-8-9-21-22(15-20)26(34)31(25(21)33)14-10-18-5-2-1-3-6-18/h1-9,11-13,15-16H,10,14,17H2,(H,28,29,32). The summed E-state index contributed by atoms with van der Waals surface area (Å²) in [7, 11) is 0. The third-order valence-corrected chi connectivity index (χ3v) is 5.65. The lowest BCUT2D eigenvalue weighted by Gasteiger charge is -2.13. The van der Waals surface area contributed by atoms with Crippen LogP contribution in [-0.2, 0) is 13.0 Å². The molecule has 1 N–H and O–H groups in total. The van der Waals surface area contributed by atoms with Crippen molar-refractivity contribution in [3.63, 3.8) is 0 Å². The van der Waals surface area contributed by atoms with Gasteiger partial charge in [0, 0.05) is 36.8 Å². The number of hydrogen-bond acceptors (Lipinski definition) is 5. The number of pyridine rings is 1. The summed E-state index contributed by atoms with van der Waals surface area (Å²) < 4.78 is 1.70. The van der Waals surface area contributed by atoms with Crippen molar-refractivity contribution in [3.8, 4) is 0 Å². The molecule has 5 rings (SSSR count). The number of nitrogens with one attached hydrogen (secondary N) is 1. The van der Waals surface area contributed by atoms with Crippen molar-refractivity contribution in [2.75, 3.05) is 11.9 Å². The Balaban J connectivity index is 1.26. The van der Waals surface area contributed by atoms with E-state index in [1.165, 1.54) is 17.0 Å². The zero-order valence-electron chi connectivity index (χ0n) is 18.2. The van der Waals surface area contributed by atoms with Gasteiger partial charge in [-0.15, -0.1) is 0 Å². The van der Waals surface area contributed by atoms with Crippen LogP contribution in [0.5, 0.6) is 0 Å². The molecule has 2 aromatic carbocycles. The number of amides is 3. The van der Waals surface area contributed by atoms with Crippen LogP contribution in [0.25, 0.3) is 0 Å². The smallest absolute Gasteiger partial charge is 0.261 e. The first kappa shape index (κ1) is 21.3. The molecule has 0 bridgehead atoms. The number of rotatable bonds is 7. The van der Waals surface area contributed by atoms with E-state index < -0.39 is 5.91 Å². The maximum Gasteiger partial charge on any atom is 0.261 e.